The van der Waals surface area contributed by atoms with Gasteiger partial charge < -0.3 is 14.8 Å². The summed E-state index contributed by atoms with van der Waals surface area (Å²) in [6.45, 7) is 0.638. The first kappa shape index (κ1) is 11.0. The highest BCUT2D eigenvalue weighted by Crippen LogP contribution is 2.18. The molecule has 0 aromatic carbocycles. The Balaban J connectivity index is 2.51. The molecule has 80 valence electrons. The van der Waals surface area contributed by atoms with Crippen molar-refractivity contribution in [2.75, 3.05) is 20.8 Å². The van der Waals surface area contributed by atoms with Gasteiger partial charge in [0.1, 0.15) is 6.04 Å². The number of ether oxygens (including phenoxy) is 2. The summed E-state index contributed by atoms with van der Waals surface area (Å²) in [5.41, 5.74) is 0. The summed E-state index contributed by atoms with van der Waals surface area (Å²) < 4.78 is 9.23. The van der Waals surface area contributed by atoms with E-state index in [-0.39, 0.29) is 23.9 Å². The van der Waals surface area contributed by atoms with Crippen LogP contribution < -0.4 is 5.32 Å². The third-order valence-corrected chi connectivity index (χ3v) is 2.42. The molecule has 2 atom stereocenters. The van der Waals surface area contributed by atoms with E-state index in [4.69, 9.17) is 0 Å². The third kappa shape index (κ3) is 2.45. The van der Waals surface area contributed by atoms with E-state index in [0.29, 0.717) is 19.4 Å². The quantitative estimate of drug-likeness (QED) is 0.621. The maximum atomic E-state index is 11.2. The summed E-state index contributed by atoms with van der Waals surface area (Å²) in [6, 6.07) is -0.377. The molecule has 5 nitrogen and oxygen atoms in total. The molecule has 1 saturated heterocycles. The molecular formula is C9H15NO4. The average Bonchev–Trinajstić information content (AvgIpc) is 2.27. The van der Waals surface area contributed by atoms with Crippen molar-refractivity contribution >= 4 is 11.9 Å². The van der Waals surface area contributed by atoms with Crippen molar-refractivity contribution in [3.63, 3.8) is 0 Å². The van der Waals surface area contributed by atoms with Crippen LogP contribution in [0, 0.1) is 5.92 Å². The molecule has 0 bridgehead atoms. The lowest BCUT2D eigenvalue weighted by atomic mass is 9.92. The highest BCUT2D eigenvalue weighted by molar-refractivity contribution is 5.78. The number of carbonyl (C=O) groups excluding carboxylic acids is 2. The van der Waals surface area contributed by atoms with E-state index >= 15 is 0 Å². The molecule has 14 heavy (non-hydrogen) atoms. The Kier molecular flexibility index (Phi) is 3.88. The van der Waals surface area contributed by atoms with Crippen LogP contribution in [0.15, 0.2) is 0 Å². The van der Waals surface area contributed by atoms with E-state index in [9.17, 15) is 9.59 Å². The summed E-state index contributed by atoms with van der Waals surface area (Å²) >= 11 is 0. The lowest BCUT2D eigenvalue weighted by Gasteiger charge is -2.26. The predicted molar refractivity (Wildman–Crippen MR) is 48.5 cm³/mol. The van der Waals surface area contributed by atoms with Crippen LogP contribution in [0.5, 0.6) is 0 Å². The Hall–Kier alpha value is -1.10. The fraction of sp³-hybridized carbons (Fsp3) is 0.778. The fourth-order valence-electron chi connectivity index (χ4n) is 1.62. The lowest BCUT2D eigenvalue weighted by molar-refractivity contribution is -0.149. The number of carbonyl (C=O) groups is 2. The molecular weight excluding hydrogens is 186 g/mol. The standard InChI is InChI=1S/C9H15NO4/c1-13-8(11)6-3-4-10-7(5-6)9(12)14-2/h6-7,10H,3-5H2,1-2H3/t6-,7-/m1/s1. The topological polar surface area (TPSA) is 64.6 Å². The van der Waals surface area contributed by atoms with E-state index in [0.717, 1.165) is 0 Å². The number of methoxy groups -OCH3 is 2. The van der Waals surface area contributed by atoms with Crippen LogP contribution in [0.3, 0.4) is 0 Å². The van der Waals surface area contributed by atoms with Crippen molar-refractivity contribution in [1.82, 2.24) is 5.32 Å². The van der Waals surface area contributed by atoms with E-state index in [1.54, 1.807) is 0 Å². The monoisotopic (exact) mass is 201 g/mol. The van der Waals surface area contributed by atoms with Gasteiger partial charge in [0.15, 0.2) is 0 Å². The SMILES string of the molecule is COC(=O)[C@@H]1CCN[C@@H](C(=O)OC)C1. The maximum absolute atomic E-state index is 11.2. The van der Waals surface area contributed by atoms with Crippen molar-refractivity contribution in [3.8, 4) is 0 Å². The Morgan fingerprint density at radius 3 is 2.43 bits per heavy atom. The zero-order chi connectivity index (χ0) is 10.6. The predicted octanol–water partition coefficient (Wildman–Crippen LogP) is -0.299. The maximum Gasteiger partial charge on any atom is 0.322 e. The molecule has 0 aromatic heterocycles. The van der Waals surface area contributed by atoms with Gasteiger partial charge in [0, 0.05) is 0 Å². The number of hydrogen-bond acceptors (Lipinski definition) is 5. The molecule has 0 unspecified atom stereocenters. The molecule has 1 aliphatic heterocycles. The number of piperidine rings is 1. The zero-order valence-electron chi connectivity index (χ0n) is 8.41. The Labute approximate surface area is 82.8 Å². The van der Waals surface area contributed by atoms with Crippen LogP contribution in [-0.2, 0) is 19.1 Å². The Morgan fingerprint density at radius 1 is 1.21 bits per heavy atom. The second-order valence-corrected chi connectivity index (χ2v) is 3.27. The van der Waals surface area contributed by atoms with Gasteiger partial charge in [-0.3, -0.25) is 9.59 Å². The van der Waals surface area contributed by atoms with Gasteiger partial charge in [-0.15, -0.1) is 0 Å². The highest BCUT2D eigenvalue weighted by Gasteiger charge is 2.31. The zero-order valence-corrected chi connectivity index (χ0v) is 8.41. The minimum Gasteiger partial charge on any atom is -0.469 e. The van der Waals surface area contributed by atoms with Crippen molar-refractivity contribution in [3.05, 3.63) is 0 Å². The van der Waals surface area contributed by atoms with Gasteiger partial charge in [0.2, 0.25) is 0 Å². The summed E-state index contributed by atoms with van der Waals surface area (Å²) in [6.07, 6.45) is 1.17. The Morgan fingerprint density at radius 2 is 1.86 bits per heavy atom. The minimum absolute atomic E-state index is 0.189. The molecule has 0 radical (unpaired) electrons. The van der Waals surface area contributed by atoms with Crippen LogP contribution in [-0.4, -0.2) is 38.7 Å². The number of rotatable bonds is 2. The minimum atomic E-state index is -0.377. The van der Waals surface area contributed by atoms with Crippen LogP contribution in [0.2, 0.25) is 0 Å². The molecule has 1 rings (SSSR count). The van der Waals surface area contributed by atoms with E-state index in [2.05, 4.69) is 14.8 Å². The second kappa shape index (κ2) is 4.95. The first-order chi connectivity index (χ1) is 6.69. The average molecular weight is 201 g/mol. The molecule has 1 aliphatic rings. The second-order valence-electron chi connectivity index (χ2n) is 3.27. The van der Waals surface area contributed by atoms with Gasteiger partial charge in [0.05, 0.1) is 20.1 Å². The molecule has 0 aliphatic carbocycles. The van der Waals surface area contributed by atoms with Gasteiger partial charge in [-0.25, -0.2) is 0 Å². The summed E-state index contributed by atoms with van der Waals surface area (Å²) in [5, 5.41) is 3.00. The van der Waals surface area contributed by atoms with Gasteiger partial charge in [0.25, 0.3) is 0 Å². The van der Waals surface area contributed by atoms with Gasteiger partial charge in [-0.1, -0.05) is 0 Å². The van der Waals surface area contributed by atoms with Crippen molar-refractivity contribution in [2.45, 2.75) is 18.9 Å². The normalized spacial score (nSPS) is 26.7. The number of nitrogens with one attached hydrogen (secondary N) is 1. The van der Waals surface area contributed by atoms with E-state index in [1.807, 2.05) is 0 Å². The van der Waals surface area contributed by atoms with Crippen molar-refractivity contribution in [1.29, 1.82) is 0 Å². The van der Waals surface area contributed by atoms with E-state index in [1.165, 1.54) is 14.2 Å². The molecule has 0 saturated carbocycles. The smallest absolute Gasteiger partial charge is 0.322 e. The van der Waals surface area contributed by atoms with Crippen molar-refractivity contribution < 1.29 is 19.1 Å². The largest absolute Gasteiger partial charge is 0.469 e. The summed E-state index contributed by atoms with van der Waals surface area (Å²) in [4.78, 5) is 22.4. The van der Waals surface area contributed by atoms with Gasteiger partial charge >= 0.3 is 11.9 Å². The van der Waals surface area contributed by atoms with Crippen LogP contribution in [0.1, 0.15) is 12.8 Å². The molecule has 0 aromatic rings. The molecule has 1 N–H and O–H groups in total. The number of hydrogen-bond donors (Lipinski definition) is 1. The van der Waals surface area contributed by atoms with Gasteiger partial charge in [-0.05, 0) is 19.4 Å². The Bertz CT molecular complexity index is 207. The third-order valence-electron chi connectivity index (χ3n) is 2.42. The van der Waals surface area contributed by atoms with Crippen LogP contribution in [0.25, 0.3) is 0 Å². The van der Waals surface area contributed by atoms with Crippen LogP contribution in [0.4, 0.5) is 0 Å². The van der Waals surface area contributed by atoms with Crippen molar-refractivity contribution in [2.24, 2.45) is 5.92 Å². The molecule has 1 fully saturated rings. The first-order valence-corrected chi connectivity index (χ1v) is 4.58. The fourth-order valence-corrected chi connectivity index (χ4v) is 1.62. The molecule has 5 heteroatoms. The van der Waals surface area contributed by atoms with Crippen LogP contribution >= 0.6 is 0 Å². The van der Waals surface area contributed by atoms with Gasteiger partial charge in [-0.2, -0.15) is 0 Å². The molecule has 0 amide bonds. The lowest BCUT2D eigenvalue weighted by Crippen LogP contribution is -2.45. The number of esters is 2. The summed E-state index contributed by atoms with van der Waals surface area (Å²) in [5.74, 6) is -0.760. The summed E-state index contributed by atoms with van der Waals surface area (Å²) in [7, 11) is 2.70. The first-order valence-electron chi connectivity index (χ1n) is 4.58. The van der Waals surface area contributed by atoms with E-state index < -0.39 is 0 Å². The molecule has 0 spiro atoms. The molecule has 1 heterocycles. The highest BCUT2D eigenvalue weighted by atomic mass is 16.5.